The van der Waals surface area contributed by atoms with Crippen molar-refractivity contribution >= 4 is 49.3 Å². The van der Waals surface area contributed by atoms with Crippen molar-refractivity contribution in [3.8, 4) is 10.6 Å². The third-order valence-corrected chi connectivity index (χ3v) is 7.37. The summed E-state index contributed by atoms with van der Waals surface area (Å²) in [5.41, 5.74) is 1.09. The number of benzene rings is 1. The van der Waals surface area contributed by atoms with Gasteiger partial charge in [0.15, 0.2) is 0 Å². The first-order valence-electron chi connectivity index (χ1n) is 10.2. The highest BCUT2D eigenvalue weighted by Crippen LogP contribution is 2.37. The van der Waals surface area contributed by atoms with E-state index in [1.807, 2.05) is 12.1 Å². The number of nitrogens with zero attached hydrogens (tertiary/aromatic N) is 3. The molecule has 1 saturated heterocycles. The van der Waals surface area contributed by atoms with E-state index in [1.54, 1.807) is 18.3 Å². The monoisotopic (exact) mass is 488 g/mol. The Morgan fingerprint density at radius 1 is 1.37 bits per heavy atom. The van der Waals surface area contributed by atoms with Crippen LogP contribution in [0, 0.1) is 5.92 Å². The Bertz CT molecular complexity index is 1050. The molecule has 0 bridgehead atoms. The molecular formula is C22H25BrN4O2S. The molecule has 6 nitrogen and oxygen atoms in total. The number of halogens is 1. The normalized spacial score (nSPS) is 15.5. The van der Waals surface area contributed by atoms with Crippen molar-refractivity contribution in [3.63, 3.8) is 0 Å². The SMILES string of the molecule is CN1CCC(CCCNc2ncc(Br)c(-c3cc4c(C(=O)O)cccc4s3)n2)CC1. The second-order valence-corrected chi connectivity index (χ2v) is 9.78. The van der Waals surface area contributed by atoms with Gasteiger partial charge in [-0.3, -0.25) is 0 Å². The predicted molar refractivity (Wildman–Crippen MR) is 125 cm³/mol. The fraction of sp³-hybridized carbons (Fsp3) is 0.409. The summed E-state index contributed by atoms with van der Waals surface area (Å²) in [5, 5.41) is 13.5. The summed E-state index contributed by atoms with van der Waals surface area (Å²) in [7, 11) is 2.19. The number of fused-ring (bicyclic) bond motifs is 1. The van der Waals surface area contributed by atoms with Crippen LogP contribution in [-0.4, -0.2) is 52.6 Å². The molecule has 0 unspecified atom stereocenters. The Labute approximate surface area is 188 Å². The van der Waals surface area contributed by atoms with Gasteiger partial charge in [-0.25, -0.2) is 14.8 Å². The van der Waals surface area contributed by atoms with Gasteiger partial charge >= 0.3 is 5.97 Å². The van der Waals surface area contributed by atoms with E-state index in [-0.39, 0.29) is 0 Å². The zero-order valence-corrected chi connectivity index (χ0v) is 19.3. The number of hydrogen-bond acceptors (Lipinski definition) is 6. The Morgan fingerprint density at radius 3 is 2.93 bits per heavy atom. The molecule has 2 aromatic heterocycles. The molecule has 30 heavy (non-hydrogen) atoms. The van der Waals surface area contributed by atoms with Gasteiger partial charge in [0.1, 0.15) is 5.69 Å². The van der Waals surface area contributed by atoms with Crippen LogP contribution in [-0.2, 0) is 0 Å². The Hall–Kier alpha value is -2.03. The number of carboxylic acids is 1. The van der Waals surface area contributed by atoms with E-state index in [1.165, 1.54) is 43.7 Å². The molecule has 1 fully saturated rings. The van der Waals surface area contributed by atoms with Crippen LogP contribution in [0.25, 0.3) is 20.7 Å². The molecule has 0 atom stereocenters. The first kappa shape index (κ1) is 21.2. The Morgan fingerprint density at radius 2 is 2.17 bits per heavy atom. The summed E-state index contributed by atoms with van der Waals surface area (Å²) in [4.78, 5) is 23.9. The van der Waals surface area contributed by atoms with Crippen molar-refractivity contribution < 1.29 is 9.90 Å². The average Bonchev–Trinajstić information content (AvgIpc) is 3.17. The molecule has 1 aromatic carbocycles. The van der Waals surface area contributed by atoms with Crippen LogP contribution in [0.1, 0.15) is 36.0 Å². The molecule has 0 spiro atoms. The van der Waals surface area contributed by atoms with Gasteiger partial charge in [-0.2, -0.15) is 0 Å². The van der Waals surface area contributed by atoms with Gasteiger partial charge < -0.3 is 15.3 Å². The maximum atomic E-state index is 11.5. The lowest BCUT2D eigenvalue weighted by molar-refractivity contribution is 0.0699. The second-order valence-electron chi connectivity index (χ2n) is 7.84. The average molecular weight is 489 g/mol. The number of aromatic carboxylic acids is 1. The van der Waals surface area contributed by atoms with E-state index in [4.69, 9.17) is 4.98 Å². The van der Waals surface area contributed by atoms with Crippen LogP contribution in [0.5, 0.6) is 0 Å². The third-order valence-electron chi connectivity index (χ3n) is 5.68. The lowest BCUT2D eigenvalue weighted by Gasteiger charge is -2.28. The smallest absolute Gasteiger partial charge is 0.336 e. The van der Waals surface area contributed by atoms with Gasteiger partial charge in [-0.05, 0) is 85.9 Å². The molecule has 2 N–H and O–H groups in total. The van der Waals surface area contributed by atoms with E-state index in [2.05, 4.69) is 38.2 Å². The number of thiophene rings is 1. The number of carboxylic acid groups (broad SMARTS) is 1. The van der Waals surface area contributed by atoms with Crippen LogP contribution in [0.4, 0.5) is 5.95 Å². The van der Waals surface area contributed by atoms with Crippen LogP contribution in [0.3, 0.4) is 0 Å². The van der Waals surface area contributed by atoms with Crippen LogP contribution >= 0.6 is 27.3 Å². The third kappa shape index (κ3) is 4.82. The number of aromatic nitrogens is 2. The van der Waals surface area contributed by atoms with Gasteiger partial charge in [0.05, 0.1) is 14.9 Å². The van der Waals surface area contributed by atoms with Gasteiger partial charge in [-0.1, -0.05) is 6.07 Å². The first-order chi connectivity index (χ1) is 14.5. The van der Waals surface area contributed by atoms with E-state index < -0.39 is 5.97 Å². The molecule has 0 amide bonds. The molecule has 0 aliphatic carbocycles. The minimum absolute atomic E-state index is 0.312. The molecule has 3 aromatic rings. The molecule has 0 radical (unpaired) electrons. The van der Waals surface area contributed by atoms with Crippen molar-refractivity contribution in [2.75, 3.05) is 32.0 Å². The zero-order chi connectivity index (χ0) is 21.1. The fourth-order valence-electron chi connectivity index (χ4n) is 3.93. The quantitative estimate of drug-likeness (QED) is 0.436. The topological polar surface area (TPSA) is 78.4 Å². The lowest BCUT2D eigenvalue weighted by atomic mass is 9.92. The number of piperidine rings is 1. The van der Waals surface area contributed by atoms with Crippen molar-refractivity contribution in [1.82, 2.24) is 14.9 Å². The number of rotatable bonds is 7. The van der Waals surface area contributed by atoms with Crippen LogP contribution in [0.2, 0.25) is 0 Å². The maximum absolute atomic E-state index is 11.5. The number of likely N-dealkylation sites (tertiary alicyclic amines) is 1. The Kier molecular flexibility index (Phi) is 6.65. The summed E-state index contributed by atoms with van der Waals surface area (Å²) >= 11 is 5.08. The van der Waals surface area contributed by atoms with Crippen LogP contribution < -0.4 is 5.32 Å². The van der Waals surface area contributed by atoms with Gasteiger partial charge in [-0.15, -0.1) is 11.3 Å². The molecular weight excluding hydrogens is 464 g/mol. The van der Waals surface area contributed by atoms with Crippen molar-refractivity contribution in [2.24, 2.45) is 5.92 Å². The minimum atomic E-state index is -0.918. The van der Waals surface area contributed by atoms with E-state index >= 15 is 0 Å². The van der Waals surface area contributed by atoms with E-state index in [9.17, 15) is 9.90 Å². The van der Waals surface area contributed by atoms with Crippen molar-refractivity contribution in [2.45, 2.75) is 25.7 Å². The highest BCUT2D eigenvalue weighted by atomic mass is 79.9. The summed E-state index contributed by atoms with van der Waals surface area (Å²) in [6, 6.07) is 7.25. The molecule has 1 aliphatic rings. The molecule has 4 rings (SSSR count). The number of anilines is 1. The van der Waals surface area contributed by atoms with Crippen molar-refractivity contribution in [3.05, 3.63) is 40.5 Å². The van der Waals surface area contributed by atoms with Crippen molar-refractivity contribution in [1.29, 1.82) is 0 Å². The van der Waals surface area contributed by atoms with Gasteiger partial charge in [0, 0.05) is 22.8 Å². The fourth-order valence-corrected chi connectivity index (χ4v) is 5.56. The first-order valence-corrected chi connectivity index (χ1v) is 11.8. The highest BCUT2D eigenvalue weighted by Gasteiger charge is 2.17. The second kappa shape index (κ2) is 9.41. The molecule has 158 valence electrons. The highest BCUT2D eigenvalue weighted by molar-refractivity contribution is 9.10. The predicted octanol–water partition coefficient (Wildman–Crippen LogP) is 5.35. The largest absolute Gasteiger partial charge is 0.478 e. The minimum Gasteiger partial charge on any atom is -0.478 e. The number of hydrogen-bond donors (Lipinski definition) is 2. The molecule has 0 saturated carbocycles. The van der Waals surface area contributed by atoms with Crippen LogP contribution in [0.15, 0.2) is 34.9 Å². The zero-order valence-electron chi connectivity index (χ0n) is 16.9. The Balaban J connectivity index is 1.44. The molecule has 8 heteroatoms. The number of carbonyl (C=O) groups is 1. The summed E-state index contributed by atoms with van der Waals surface area (Å²) in [5.74, 6) is 0.512. The number of nitrogens with one attached hydrogen (secondary N) is 1. The van der Waals surface area contributed by atoms with E-state index in [0.29, 0.717) is 11.5 Å². The molecule has 3 heterocycles. The summed E-state index contributed by atoms with van der Waals surface area (Å²) in [6.45, 7) is 3.26. The lowest BCUT2D eigenvalue weighted by Crippen LogP contribution is -2.30. The summed E-state index contributed by atoms with van der Waals surface area (Å²) in [6.07, 6.45) is 6.68. The maximum Gasteiger partial charge on any atom is 0.336 e. The van der Waals surface area contributed by atoms with E-state index in [0.717, 1.165) is 44.0 Å². The standard InChI is InChI=1S/C22H25BrN4O2S/c1-27-10-7-14(8-11-27)4-3-9-24-22-25-13-17(23)20(26-22)19-12-16-15(21(28)29)5-2-6-18(16)30-19/h2,5-6,12-14H,3-4,7-11H2,1H3,(H,28,29)(H,24,25,26). The molecule has 1 aliphatic heterocycles. The summed E-state index contributed by atoms with van der Waals surface area (Å²) < 4.78 is 1.73. The van der Waals surface area contributed by atoms with Gasteiger partial charge in [0.25, 0.3) is 0 Å². The van der Waals surface area contributed by atoms with Gasteiger partial charge in [0.2, 0.25) is 5.95 Å².